The van der Waals surface area contributed by atoms with E-state index in [1.54, 1.807) is 15.6 Å². The minimum absolute atomic E-state index is 0.0870. The summed E-state index contributed by atoms with van der Waals surface area (Å²) in [5.74, 6) is 0.113. The van der Waals surface area contributed by atoms with Gasteiger partial charge in [0.25, 0.3) is 0 Å². The van der Waals surface area contributed by atoms with Crippen LogP contribution in [0.4, 0.5) is 5.82 Å². The van der Waals surface area contributed by atoms with E-state index in [0.717, 1.165) is 11.3 Å². The molecule has 0 bridgehead atoms. The molecule has 0 spiro atoms. The lowest BCUT2D eigenvalue weighted by Gasteiger charge is -2.30. The van der Waals surface area contributed by atoms with Crippen molar-refractivity contribution < 1.29 is 9.59 Å². The quantitative estimate of drug-likeness (QED) is 0.841. The first-order chi connectivity index (χ1) is 12.5. The van der Waals surface area contributed by atoms with Gasteiger partial charge in [-0.3, -0.25) is 14.3 Å². The predicted molar refractivity (Wildman–Crippen MR) is 97.1 cm³/mol. The van der Waals surface area contributed by atoms with Gasteiger partial charge in [0.1, 0.15) is 0 Å². The van der Waals surface area contributed by atoms with Crippen molar-refractivity contribution >= 4 is 17.6 Å². The fraction of sp³-hybridized carbons (Fsp3) is 0.389. The molecule has 0 aliphatic carbocycles. The molecule has 3 heterocycles. The molecule has 136 valence electrons. The van der Waals surface area contributed by atoms with Crippen molar-refractivity contribution in [3.63, 3.8) is 0 Å². The maximum absolute atomic E-state index is 12.4. The van der Waals surface area contributed by atoms with Crippen LogP contribution < -0.4 is 5.32 Å². The third-order valence-electron chi connectivity index (χ3n) is 4.56. The number of nitrogens with one attached hydrogen (secondary N) is 1. The predicted octanol–water partition coefficient (Wildman–Crippen LogP) is 1.55. The maximum atomic E-state index is 12.4. The standard InChI is InChI=1S/C18H22N6O2/c1-4-17(25)24-9-7-13(8-10-24)18(26)19-16-6-5-15(20-21-16)14-11-23(3)22-12(14)2/h4-6,11,13H,1,7-10H2,2-3H3,(H,19,21,26). The normalized spacial score (nSPS) is 14.9. The molecule has 0 aromatic carbocycles. The van der Waals surface area contributed by atoms with Crippen LogP contribution in [-0.2, 0) is 16.6 Å². The molecule has 0 radical (unpaired) electrons. The fourth-order valence-electron chi connectivity index (χ4n) is 3.11. The number of amides is 2. The third-order valence-corrected chi connectivity index (χ3v) is 4.56. The van der Waals surface area contributed by atoms with E-state index in [1.165, 1.54) is 6.08 Å². The average molecular weight is 354 g/mol. The number of aryl methyl sites for hydroxylation is 2. The zero-order valence-corrected chi connectivity index (χ0v) is 15.0. The Balaban J connectivity index is 1.59. The number of hydrogen-bond donors (Lipinski definition) is 1. The summed E-state index contributed by atoms with van der Waals surface area (Å²) in [4.78, 5) is 25.7. The number of anilines is 1. The zero-order valence-electron chi connectivity index (χ0n) is 15.0. The van der Waals surface area contributed by atoms with Gasteiger partial charge in [0, 0.05) is 37.8 Å². The molecule has 1 saturated heterocycles. The maximum Gasteiger partial charge on any atom is 0.245 e. The molecule has 0 unspecified atom stereocenters. The van der Waals surface area contributed by atoms with Gasteiger partial charge in [0.15, 0.2) is 5.82 Å². The Morgan fingerprint density at radius 2 is 2.00 bits per heavy atom. The highest BCUT2D eigenvalue weighted by Crippen LogP contribution is 2.22. The average Bonchev–Trinajstić information content (AvgIpc) is 3.00. The molecule has 2 aromatic heterocycles. The molecule has 1 aliphatic heterocycles. The second-order valence-corrected chi connectivity index (χ2v) is 6.40. The number of piperidine rings is 1. The Morgan fingerprint density at radius 3 is 2.54 bits per heavy atom. The van der Waals surface area contributed by atoms with Crippen molar-refractivity contribution in [1.82, 2.24) is 24.9 Å². The monoisotopic (exact) mass is 354 g/mol. The van der Waals surface area contributed by atoms with Gasteiger partial charge in [-0.15, -0.1) is 10.2 Å². The Morgan fingerprint density at radius 1 is 1.27 bits per heavy atom. The van der Waals surface area contributed by atoms with Crippen molar-refractivity contribution in [2.24, 2.45) is 13.0 Å². The van der Waals surface area contributed by atoms with Gasteiger partial charge in [-0.2, -0.15) is 5.10 Å². The number of hydrogen-bond acceptors (Lipinski definition) is 5. The molecule has 0 atom stereocenters. The van der Waals surface area contributed by atoms with E-state index in [0.29, 0.717) is 37.4 Å². The number of rotatable bonds is 4. The lowest BCUT2D eigenvalue weighted by molar-refractivity contribution is -0.130. The van der Waals surface area contributed by atoms with Gasteiger partial charge in [0.2, 0.25) is 11.8 Å². The highest BCUT2D eigenvalue weighted by Gasteiger charge is 2.26. The Kier molecular flexibility index (Phi) is 5.11. The van der Waals surface area contributed by atoms with Crippen LogP contribution in [0.1, 0.15) is 18.5 Å². The zero-order chi connectivity index (χ0) is 18.7. The molecule has 2 aromatic rings. The van der Waals surface area contributed by atoms with E-state index in [9.17, 15) is 9.59 Å². The number of carbonyl (C=O) groups excluding carboxylic acids is 2. The third kappa shape index (κ3) is 3.79. The van der Waals surface area contributed by atoms with E-state index in [-0.39, 0.29) is 17.7 Å². The van der Waals surface area contributed by atoms with Gasteiger partial charge in [-0.1, -0.05) is 6.58 Å². The molecular formula is C18H22N6O2. The molecule has 26 heavy (non-hydrogen) atoms. The van der Waals surface area contributed by atoms with Crippen molar-refractivity contribution in [3.8, 4) is 11.3 Å². The van der Waals surface area contributed by atoms with Crippen LogP contribution >= 0.6 is 0 Å². The highest BCUT2D eigenvalue weighted by molar-refractivity contribution is 5.92. The molecule has 2 amide bonds. The molecule has 0 saturated carbocycles. The van der Waals surface area contributed by atoms with Crippen LogP contribution in [0.15, 0.2) is 31.0 Å². The summed E-state index contributed by atoms with van der Waals surface area (Å²) >= 11 is 0. The second-order valence-electron chi connectivity index (χ2n) is 6.40. The summed E-state index contributed by atoms with van der Waals surface area (Å²) < 4.78 is 1.73. The lowest BCUT2D eigenvalue weighted by Crippen LogP contribution is -2.40. The van der Waals surface area contributed by atoms with Crippen molar-refractivity contribution in [1.29, 1.82) is 0 Å². The number of likely N-dealkylation sites (tertiary alicyclic amines) is 1. The molecule has 1 fully saturated rings. The van der Waals surface area contributed by atoms with Crippen LogP contribution in [0.2, 0.25) is 0 Å². The highest BCUT2D eigenvalue weighted by atomic mass is 16.2. The van der Waals surface area contributed by atoms with Gasteiger partial charge in [0.05, 0.1) is 11.4 Å². The van der Waals surface area contributed by atoms with Gasteiger partial charge in [-0.05, 0) is 38.0 Å². The first-order valence-electron chi connectivity index (χ1n) is 8.54. The number of aromatic nitrogens is 4. The van der Waals surface area contributed by atoms with Crippen LogP contribution in [-0.4, -0.2) is 49.8 Å². The molecule has 8 heteroatoms. The number of nitrogens with zero attached hydrogens (tertiary/aromatic N) is 5. The Bertz CT molecular complexity index is 819. The van der Waals surface area contributed by atoms with E-state index < -0.39 is 0 Å². The first kappa shape index (κ1) is 17.8. The van der Waals surface area contributed by atoms with Gasteiger partial charge >= 0.3 is 0 Å². The first-order valence-corrected chi connectivity index (χ1v) is 8.54. The Labute approximate surface area is 151 Å². The van der Waals surface area contributed by atoms with E-state index >= 15 is 0 Å². The van der Waals surface area contributed by atoms with E-state index in [4.69, 9.17) is 0 Å². The smallest absolute Gasteiger partial charge is 0.245 e. The fourth-order valence-corrected chi connectivity index (χ4v) is 3.11. The van der Waals surface area contributed by atoms with Gasteiger partial charge in [-0.25, -0.2) is 0 Å². The van der Waals surface area contributed by atoms with Crippen molar-refractivity contribution in [3.05, 3.63) is 36.7 Å². The molecular weight excluding hydrogens is 332 g/mol. The minimum Gasteiger partial charge on any atom is -0.339 e. The molecule has 3 rings (SSSR count). The second kappa shape index (κ2) is 7.47. The summed E-state index contributed by atoms with van der Waals surface area (Å²) in [6.45, 7) is 6.53. The molecule has 1 N–H and O–H groups in total. The van der Waals surface area contributed by atoms with Crippen LogP contribution in [0.3, 0.4) is 0 Å². The SMILES string of the molecule is C=CC(=O)N1CCC(C(=O)Nc2ccc(-c3cn(C)nc3C)nn2)CC1. The molecule has 1 aliphatic rings. The Hall–Kier alpha value is -3.03. The largest absolute Gasteiger partial charge is 0.339 e. The van der Waals surface area contributed by atoms with Crippen LogP contribution in [0, 0.1) is 12.8 Å². The summed E-state index contributed by atoms with van der Waals surface area (Å²) in [5.41, 5.74) is 2.50. The van der Waals surface area contributed by atoms with E-state index in [2.05, 4.69) is 27.2 Å². The number of carbonyl (C=O) groups is 2. The van der Waals surface area contributed by atoms with Crippen molar-refractivity contribution in [2.75, 3.05) is 18.4 Å². The van der Waals surface area contributed by atoms with E-state index in [1.807, 2.05) is 26.2 Å². The summed E-state index contributed by atoms with van der Waals surface area (Å²) in [6.07, 6.45) is 4.45. The topological polar surface area (TPSA) is 93.0 Å². The van der Waals surface area contributed by atoms with Crippen molar-refractivity contribution in [2.45, 2.75) is 19.8 Å². The summed E-state index contributed by atoms with van der Waals surface area (Å²) in [7, 11) is 1.85. The minimum atomic E-state index is -0.133. The summed E-state index contributed by atoms with van der Waals surface area (Å²) in [5, 5.41) is 15.4. The summed E-state index contributed by atoms with van der Waals surface area (Å²) in [6, 6.07) is 3.56. The lowest BCUT2D eigenvalue weighted by atomic mass is 9.96. The van der Waals surface area contributed by atoms with Gasteiger partial charge < -0.3 is 10.2 Å². The van der Waals surface area contributed by atoms with Crippen LogP contribution in [0.5, 0.6) is 0 Å². The van der Waals surface area contributed by atoms with Crippen LogP contribution in [0.25, 0.3) is 11.3 Å². The molecule has 8 nitrogen and oxygen atoms in total.